The summed E-state index contributed by atoms with van der Waals surface area (Å²) in [5, 5.41) is 0. The predicted octanol–water partition coefficient (Wildman–Crippen LogP) is 3.99. The Hall–Kier alpha value is -3.60. The van der Waals surface area contributed by atoms with E-state index in [4.69, 9.17) is 10.5 Å². The van der Waals surface area contributed by atoms with E-state index in [0.29, 0.717) is 29.4 Å². The average Bonchev–Trinajstić information content (AvgIpc) is 3.06. The Kier molecular flexibility index (Phi) is 4.34. The Bertz CT molecular complexity index is 1120. The zero-order chi connectivity index (χ0) is 18.8. The fourth-order valence-corrected chi connectivity index (χ4v) is 3.10. The molecule has 0 unspecified atom stereocenters. The van der Waals surface area contributed by atoms with E-state index < -0.39 is 5.91 Å². The number of benzene rings is 2. The van der Waals surface area contributed by atoms with Crippen LogP contribution in [0, 0.1) is 6.92 Å². The lowest BCUT2D eigenvalue weighted by Crippen LogP contribution is -2.15. The number of carbonyl (C=O) groups excluding carboxylic acids is 1. The first-order chi connectivity index (χ1) is 13.1. The Morgan fingerprint density at radius 2 is 1.78 bits per heavy atom. The fraction of sp³-hybridized carbons (Fsp3) is 0.0909. The van der Waals surface area contributed by atoms with Crippen molar-refractivity contribution in [3.8, 4) is 17.0 Å². The molecule has 2 aromatic heterocycles. The average molecular weight is 357 g/mol. The topological polar surface area (TPSA) is 69.6 Å². The molecule has 0 fully saturated rings. The molecule has 0 radical (unpaired) electrons. The number of fused-ring (bicyclic) bond motifs is 1. The Balaban J connectivity index is 1.80. The molecule has 134 valence electrons. The second-order valence-corrected chi connectivity index (χ2v) is 6.38. The van der Waals surface area contributed by atoms with E-state index in [-0.39, 0.29) is 0 Å². The van der Waals surface area contributed by atoms with E-state index in [1.54, 1.807) is 4.40 Å². The van der Waals surface area contributed by atoms with Gasteiger partial charge in [-0.1, -0.05) is 48.5 Å². The summed E-state index contributed by atoms with van der Waals surface area (Å²) in [6.45, 7) is 2.39. The van der Waals surface area contributed by atoms with Crippen molar-refractivity contribution in [1.82, 2.24) is 9.38 Å². The van der Waals surface area contributed by atoms with Crippen LogP contribution in [0.15, 0.2) is 72.9 Å². The molecule has 0 spiro atoms. The molecule has 0 aliphatic rings. The normalized spacial score (nSPS) is 10.9. The number of imidazole rings is 1. The minimum absolute atomic E-state index is 0.351. The van der Waals surface area contributed by atoms with Gasteiger partial charge in [0.05, 0.1) is 0 Å². The number of carbonyl (C=O) groups is 1. The molecule has 4 rings (SSSR count). The van der Waals surface area contributed by atoms with Crippen molar-refractivity contribution < 1.29 is 9.53 Å². The smallest absolute Gasteiger partial charge is 0.268 e. The molecule has 2 N–H and O–H groups in total. The lowest BCUT2D eigenvalue weighted by Gasteiger charge is -2.11. The van der Waals surface area contributed by atoms with Crippen LogP contribution in [0.25, 0.3) is 16.9 Å². The zero-order valence-electron chi connectivity index (χ0n) is 14.9. The van der Waals surface area contributed by atoms with Crippen LogP contribution in [0.2, 0.25) is 0 Å². The molecule has 2 heterocycles. The van der Waals surface area contributed by atoms with Crippen molar-refractivity contribution in [3.63, 3.8) is 0 Å². The first kappa shape index (κ1) is 16.8. The first-order valence-electron chi connectivity index (χ1n) is 8.68. The van der Waals surface area contributed by atoms with Gasteiger partial charge in [-0.25, -0.2) is 4.98 Å². The van der Waals surface area contributed by atoms with Gasteiger partial charge in [0, 0.05) is 11.8 Å². The summed E-state index contributed by atoms with van der Waals surface area (Å²) in [6.07, 6.45) is 1.86. The number of pyridine rings is 1. The van der Waals surface area contributed by atoms with Gasteiger partial charge in [0.15, 0.2) is 0 Å². The van der Waals surface area contributed by atoms with Crippen molar-refractivity contribution in [2.75, 3.05) is 0 Å². The van der Waals surface area contributed by atoms with Gasteiger partial charge >= 0.3 is 0 Å². The molecular formula is C22H19N3O2. The SMILES string of the molecule is Cc1ccc2nc(-c3ccccc3OCc3ccccc3)c(C(N)=O)n2c1. The minimum Gasteiger partial charge on any atom is -0.488 e. The van der Waals surface area contributed by atoms with E-state index >= 15 is 0 Å². The molecule has 0 aliphatic heterocycles. The monoisotopic (exact) mass is 357 g/mol. The van der Waals surface area contributed by atoms with Crippen LogP contribution in [0.3, 0.4) is 0 Å². The summed E-state index contributed by atoms with van der Waals surface area (Å²) in [5.41, 5.74) is 10.1. The van der Waals surface area contributed by atoms with Gasteiger partial charge in [0.1, 0.15) is 29.4 Å². The van der Waals surface area contributed by atoms with E-state index in [1.807, 2.05) is 79.9 Å². The number of hydrogen-bond donors (Lipinski definition) is 1. The summed E-state index contributed by atoms with van der Waals surface area (Å²) >= 11 is 0. The molecule has 27 heavy (non-hydrogen) atoms. The first-order valence-corrected chi connectivity index (χ1v) is 8.68. The molecule has 0 aliphatic carbocycles. The summed E-state index contributed by atoms with van der Waals surface area (Å²) < 4.78 is 7.77. The van der Waals surface area contributed by atoms with Crippen LogP contribution in [0.5, 0.6) is 5.75 Å². The standard InChI is InChI=1S/C22H19N3O2/c1-15-11-12-19-24-20(21(22(23)26)25(19)13-15)17-9-5-6-10-18(17)27-14-16-7-3-2-4-8-16/h2-13H,14H2,1H3,(H2,23,26). The Morgan fingerprint density at radius 1 is 1.04 bits per heavy atom. The summed E-state index contributed by atoms with van der Waals surface area (Å²) in [7, 11) is 0. The van der Waals surface area contributed by atoms with Crippen molar-refractivity contribution in [3.05, 3.63) is 89.7 Å². The maximum Gasteiger partial charge on any atom is 0.268 e. The number of hydrogen-bond acceptors (Lipinski definition) is 3. The Morgan fingerprint density at radius 3 is 2.56 bits per heavy atom. The number of nitrogens with zero attached hydrogens (tertiary/aromatic N) is 2. The van der Waals surface area contributed by atoms with Gasteiger partial charge in [-0.2, -0.15) is 0 Å². The van der Waals surface area contributed by atoms with Crippen molar-refractivity contribution in [2.24, 2.45) is 5.73 Å². The Labute approximate surface area is 157 Å². The molecular weight excluding hydrogens is 338 g/mol. The maximum atomic E-state index is 12.2. The highest BCUT2D eigenvalue weighted by molar-refractivity contribution is 5.99. The van der Waals surface area contributed by atoms with E-state index in [2.05, 4.69) is 4.98 Å². The summed E-state index contributed by atoms with van der Waals surface area (Å²) in [6, 6.07) is 21.3. The molecule has 1 amide bonds. The summed E-state index contributed by atoms with van der Waals surface area (Å²) in [5.74, 6) is 0.130. The van der Waals surface area contributed by atoms with Crippen molar-refractivity contribution >= 4 is 11.6 Å². The van der Waals surface area contributed by atoms with Gasteiger partial charge < -0.3 is 10.5 Å². The molecule has 0 atom stereocenters. The van der Waals surface area contributed by atoms with Crippen LogP contribution >= 0.6 is 0 Å². The van der Waals surface area contributed by atoms with Crippen LogP contribution in [0.4, 0.5) is 0 Å². The molecule has 4 aromatic rings. The third-order valence-electron chi connectivity index (χ3n) is 4.38. The van der Waals surface area contributed by atoms with Crippen LogP contribution in [-0.4, -0.2) is 15.3 Å². The lowest BCUT2D eigenvalue weighted by atomic mass is 10.1. The number of primary amides is 1. The van der Waals surface area contributed by atoms with Gasteiger partial charge in [0.2, 0.25) is 0 Å². The van der Waals surface area contributed by atoms with Crippen molar-refractivity contribution in [1.29, 1.82) is 0 Å². The van der Waals surface area contributed by atoms with Gasteiger partial charge in [-0.3, -0.25) is 9.20 Å². The molecule has 0 saturated carbocycles. The zero-order valence-corrected chi connectivity index (χ0v) is 14.9. The number of ether oxygens (including phenoxy) is 1. The van der Waals surface area contributed by atoms with Crippen LogP contribution in [0.1, 0.15) is 21.6 Å². The number of aromatic nitrogens is 2. The molecule has 2 aromatic carbocycles. The van der Waals surface area contributed by atoms with Gasteiger partial charge in [-0.05, 0) is 36.2 Å². The molecule has 5 heteroatoms. The number of rotatable bonds is 5. The van der Waals surface area contributed by atoms with E-state index in [0.717, 1.165) is 16.7 Å². The molecule has 5 nitrogen and oxygen atoms in total. The lowest BCUT2D eigenvalue weighted by molar-refractivity contribution is 0.0995. The fourth-order valence-electron chi connectivity index (χ4n) is 3.10. The molecule has 0 bridgehead atoms. The van der Waals surface area contributed by atoms with E-state index in [9.17, 15) is 4.79 Å². The van der Waals surface area contributed by atoms with E-state index in [1.165, 1.54) is 0 Å². The minimum atomic E-state index is -0.527. The highest BCUT2D eigenvalue weighted by atomic mass is 16.5. The highest BCUT2D eigenvalue weighted by Gasteiger charge is 2.21. The van der Waals surface area contributed by atoms with Gasteiger partial charge in [0.25, 0.3) is 5.91 Å². The highest BCUT2D eigenvalue weighted by Crippen LogP contribution is 2.33. The third-order valence-corrected chi connectivity index (χ3v) is 4.38. The number of para-hydroxylation sites is 1. The number of amides is 1. The maximum absolute atomic E-state index is 12.2. The second-order valence-electron chi connectivity index (χ2n) is 6.38. The van der Waals surface area contributed by atoms with Crippen LogP contribution < -0.4 is 10.5 Å². The van der Waals surface area contributed by atoms with Crippen molar-refractivity contribution in [2.45, 2.75) is 13.5 Å². The third kappa shape index (κ3) is 3.27. The van der Waals surface area contributed by atoms with Crippen LogP contribution in [-0.2, 0) is 6.61 Å². The molecule has 0 saturated heterocycles. The largest absolute Gasteiger partial charge is 0.488 e. The predicted molar refractivity (Wildman–Crippen MR) is 105 cm³/mol. The second kappa shape index (κ2) is 6.96. The summed E-state index contributed by atoms with van der Waals surface area (Å²) in [4.78, 5) is 16.8. The quantitative estimate of drug-likeness (QED) is 0.587. The van der Waals surface area contributed by atoms with Gasteiger partial charge in [-0.15, -0.1) is 0 Å². The number of aryl methyl sites for hydroxylation is 1. The number of nitrogens with two attached hydrogens (primary N) is 1.